The number of ether oxygens (including phenoxy) is 2. The second-order valence-corrected chi connectivity index (χ2v) is 17.4. The van der Waals surface area contributed by atoms with Crippen molar-refractivity contribution in [2.45, 2.75) is 76.3 Å². The number of benzene rings is 3. The molecule has 0 aromatic heterocycles. The molecule has 3 aliphatic rings. The van der Waals surface area contributed by atoms with Crippen LogP contribution in [0.5, 0.6) is 0 Å². The monoisotopic (exact) mass is 687 g/mol. The number of anilines is 2. The number of para-hydroxylation sites is 1. The maximum atomic E-state index is 16.3. The van der Waals surface area contributed by atoms with Gasteiger partial charge in [0.15, 0.2) is 11.8 Å². The van der Waals surface area contributed by atoms with Crippen molar-refractivity contribution < 1.29 is 37.9 Å². The standard InChI is InChI=1S/C37H42FN3O7Si/c1-24-35(49(3,4)38)31(20-32(44)39(18-19-42)22-26-10-6-5-7-11-26)48-37(24)29-12-8-9-13-30(29)40(36(37)46)23-27-14-16-28(17-15-27)41-33(45)21-34(41)47-25(2)43/h5-17,24,31,34-35,42H,18-23H2,1-4H3/t24-,31+,34?,35-,37+/m1/s1. The highest BCUT2D eigenvalue weighted by Gasteiger charge is 2.67. The molecule has 5 atom stereocenters. The van der Waals surface area contributed by atoms with E-state index < -0.39 is 43.8 Å². The highest BCUT2D eigenvalue weighted by atomic mass is 28.4. The molecule has 1 N–H and O–H groups in total. The van der Waals surface area contributed by atoms with Crippen LogP contribution in [0.25, 0.3) is 0 Å². The lowest BCUT2D eigenvalue weighted by molar-refractivity contribution is -0.154. The Morgan fingerprint density at radius 2 is 1.69 bits per heavy atom. The van der Waals surface area contributed by atoms with Crippen molar-refractivity contribution in [3.8, 4) is 0 Å². The van der Waals surface area contributed by atoms with Crippen molar-refractivity contribution in [1.29, 1.82) is 0 Å². The first-order valence-electron chi connectivity index (χ1n) is 16.6. The molecule has 6 rings (SSSR count). The highest BCUT2D eigenvalue weighted by molar-refractivity contribution is 6.72. The minimum Gasteiger partial charge on any atom is -0.441 e. The van der Waals surface area contributed by atoms with Gasteiger partial charge in [0.1, 0.15) is 0 Å². The van der Waals surface area contributed by atoms with Gasteiger partial charge in [0.05, 0.1) is 37.8 Å². The molecule has 0 aliphatic carbocycles. The molecule has 0 saturated carbocycles. The van der Waals surface area contributed by atoms with Gasteiger partial charge in [-0.2, -0.15) is 0 Å². The third kappa shape index (κ3) is 6.40. The second-order valence-electron chi connectivity index (χ2n) is 13.6. The second kappa shape index (κ2) is 13.5. The van der Waals surface area contributed by atoms with Crippen LogP contribution in [0.2, 0.25) is 18.6 Å². The molecule has 0 radical (unpaired) electrons. The number of amides is 3. The Balaban J connectivity index is 1.26. The maximum Gasteiger partial charge on any atom is 0.304 e. The van der Waals surface area contributed by atoms with E-state index >= 15 is 4.11 Å². The fraction of sp³-hybridized carbons (Fsp3) is 0.405. The molecule has 3 aromatic carbocycles. The first-order valence-corrected chi connectivity index (χ1v) is 19.6. The number of aliphatic hydroxyl groups excluding tert-OH is 1. The topological polar surface area (TPSA) is 117 Å². The number of fused-ring (bicyclic) bond motifs is 2. The van der Waals surface area contributed by atoms with Gasteiger partial charge in [-0.1, -0.05) is 67.6 Å². The summed E-state index contributed by atoms with van der Waals surface area (Å²) in [5.41, 5.74) is 1.44. The van der Waals surface area contributed by atoms with Crippen molar-refractivity contribution in [3.63, 3.8) is 0 Å². The third-order valence-electron chi connectivity index (χ3n) is 9.95. The molecule has 258 valence electrons. The van der Waals surface area contributed by atoms with E-state index in [1.807, 2.05) is 73.7 Å². The molecule has 1 unspecified atom stereocenters. The van der Waals surface area contributed by atoms with Gasteiger partial charge in [-0.3, -0.25) is 24.1 Å². The summed E-state index contributed by atoms with van der Waals surface area (Å²) in [7, 11) is -3.50. The first kappa shape index (κ1) is 34.5. The van der Waals surface area contributed by atoms with Crippen molar-refractivity contribution in [3.05, 3.63) is 95.6 Å². The van der Waals surface area contributed by atoms with Crippen LogP contribution in [0.1, 0.15) is 43.4 Å². The molecule has 12 heteroatoms. The van der Waals surface area contributed by atoms with Crippen LogP contribution in [0.4, 0.5) is 15.5 Å². The van der Waals surface area contributed by atoms with Gasteiger partial charge in [0, 0.05) is 42.7 Å². The number of hydrogen-bond acceptors (Lipinski definition) is 7. The zero-order chi connectivity index (χ0) is 35.1. The number of β-lactam (4-membered cyclic amide) rings is 1. The van der Waals surface area contributed by atoms with E-state index in [0.29, 0.717) is 23.5 Å². The maximum absolute atomic E-state index is 16.3. The number of rotatable bonds is 11. The summed E-state index contributed by atoms with van der Waals surface area (Å²) in [4.78, 5) is 56.8. The summed E-state index contributed by atoms with van der Waals surface area (Å²) < 4.78 is 28.3. The van der Waals surface area contributed by atoms with E-state index in [1.54, 1.807) is 35.0 Å². The van der Waals surface area contributed by atoms with Crippen LogP contribution in [0.3, 0.4) is 0 Å². The molecular weight excluding hydrogens is 646 g/mol. The molecule has 0 bridgehead atoms. The van der Waals surface area contributed by atoms with Crippen molar-refractivity contribution in [2.75, 3.05) is 23.0 Å². The smallest absolute Gasteiger partial charge is 0.304 e. The number of nitrogens with zero attached hydrogens (tertiary/aromatic N) is 3. The van der Waals surface area contributed by atoms with Gasteiger partial charge in [-0.25, -0.2) is 0 Å². The molecule has 3 aromatic rings. The van der Waals surface area contributed by atoms with Crippen LogP contribution in [-0.2, 0) is 47.3 Å². The quantitative estimate of drug-likeness (QED) is 0.130. The van der Waals surface area contributed by atoms with Crippen LogP contribution in [0.15, 0.2) is 78.9 Å². The predicted octanol–water partition coefficient (Wildman–Crippen LogP) is 5.05. The van der Waals surface area contributed by atoms with Gasteiger partial charge < -0.3 is 28.5 Å². The summed E-state index contributed by atoms with van der Waals surface area (Å²) in [5.74, 6) is -1.77. The summed E-state index contributed by atoms with van der Waals surface area (Å²) in [6.07, 6.45) is -1.49. The van der Waals surface area contributed by atoms with Crippen LogP contribution in [0, 0.1) is 5.92 Å². The Hall–Kier alpha value is -4.39. The average molecular weight is 688 g/mol. The van der Waals surface area contributed by atoms with Gasteiger partial charge in [-0.05, 0) is 42.4 Å². The number of aliphatic hydroxyl groups is 1. The SMILES string of the molecule is CC(=O)OC1CC(=O)N1c1ccc(CN2C(=O)[C@@]3(O[C@@H](CC(=O)N(CCO)Cc4ccccc4)[C@H]([Si](C)(C)F)[C@H]3C)c3ccccc32)cc1. The van der Waals surface area contributed by atoms with E-state index in [1.165, 1.54) is 11.8 Å². The average Bonchev–Trinajstić information content (AvgIpc) is 3.48. The van der Waals surface area contributed by atoms with Crippen LogP contribution in [-0.4, -0.2) is 67.6 Å². The van der Waals surface area contributed by atoms with E-state index in [4.69, 9.17) is 9.47 Å². The fourth-order valence-electron chi connectivity index (χ4n) is 7.80. The summed E-state index contributed by atoms with van der Waals surface area (Å²) in [6, 6.07) is 24.0. The largest absolute Gasteiger partial charge is 0.441 e. The Morgan fingerprint density at radius 3 is 2.33 bits per heavy atom. The lowest BCUT2D eigenvalue weighted by Gasteiger charge is -2.39. The lowest BCUT2D eigenvalue weighted by atomic mass is 9.82. The van der Waals surface area contributed by atoms with Gasteiger partial charge in [0.2, 0.25) is 20.2 Å². The fourth-order valence-corrected chi connectivity index (χ4v) is 10.3. The van der Waals surface area contributed by atoms with Crippen molar-refractivity contribution >= 4 is 43.5 Å². The summed E-state index contributed by atoms with van der Waals surface area (Å²) in [6.45, 7) is 6.74. The van der Waals surface area contributed by atoms with E-state index in [2.05, 4.69) is 0 Å². The van der Waals surface area contributed by atoms with Gasteiger partial charge in [0.25, 0.3) is 5.91 Å². The van der Waals surface area contributed by atoms with Gasteiger partial charge in [-0.15, -0.1) is 0 Å². The Labute approximate surface area is 286 Å². The lowest BCUT2D eigenvalue weighted by Crippen LogP contribution is -2.54. The predicted molar refractivity (Wildman–Crippen MR) is 183 cm³/mol. The molecule has 1 spiro atoms. The zero-order valence-corrected chi connectivity index (χ0v) is 29.2. The number of hydrogen-bond donors (Lipinski definition) is 1. The number of esters is 1. The normalized spacial score (nSPS) is 24.6. The van der Waals surface area contributed by atoms with E-state index in [0.717, 1.165) is 11.1 Å². The Morgan fingerprint density at radius 1 is 1.02 bits per heavy atom. The van der Waals surface area contributed by atoms with E-state index in [9.17, 15) is 24.3 Å². The summed E-state index contributed by atoms with van der Waals surface area (Å²) >= 11 is 0. The molecule has 3 heterocycles. The van der Waals surface area contributed by atoms with Gasteiger partial charge >= 0.3 is 5.97 Å². The minimum atomic E-state index is -3.50. The van der Waals surface area contributed by atoms with Crippen LogP contribution >= 0.6 is 0 Å². The Bertz CT molecular complexity index is 1730. The first-order chi connectivity index (χ1) is 23.3. The Kier molecular flexibility index (Phi) is 9.49. The minimum absolute atomic E-state index is 0.118. The molecule has 2 fully saturated rings. The molecule has 10 nitrogen and oxygen atoms in total. The molecule has 3 aliphatic heterocycles. The summed E-state index contributed by atoms with van der Waals surface area (Å²) in [5, 5.41) is 9.76. The highest BCUT2D eigenvalue weighted by Crippen LogP contribution is 2.60. The molecule has 2 saturated heterocycles. The van der Waals surface area contributed by atoms with E-state index in [-0.39, 0.29) is 50.3 Å². The van der Waals surface area contributed by atoms with Crippen molar-refractivity contribution in [1.82, 2.24) is 4.90 Å². The zero-order valence-electron chi connectivity index (χ0n) is 28.2. The number of carbonyl (C=O) groups excluding carboxylic acids is 4. The third-order valence-corrected chi connectivity index (χ3v) is 12.4. The molecule has 49 heavy (non-hydrogen) atoms. The van der Waals surface area contributed by atoms with Crippen molar-refractivity contribution in [2.24, 2.45) is 5.92 Å². The number of carbonyl (C=O) groups is 4. The molecular formula is C37H42FN3O7Si. The molecule has 3 amide bonds. The number of halogens is 1. The van der Waals surface area contributed by atoms with Crippen LogP contribution < -0.4 is 9.80 Å².